The first-order chi connectivity index (χ1) is 7.70. The fourth-order valence-corrected chi connectivity index (χ4v) is 1.25. The van der Waals surface area contributed by atoms with Gasteiger partial charge in [-0.25, -0.2) is 0 Å². The first-order valence-corrected chi connectivity index (χ1v) is 4.89. The molecule has 0 spiro atoms. The molecular formula is C13H13NO2. The number of imide groups is 1. The summed E-state index contributed by atoms with van der Waals surface area (Å²) in [4.78, 5) is 21.9. The molecule has 1 N–H and O–H groups in total. The summed E-state index contributed by atoms with van der Waals surface area (Å²) in [5.41, 5.74) is 0.940. The van der Waals surface area contributed by atoms with Crippen LogP contribution in [0.2, 0.25) is 0 Å². The van der Waals surface area contributed by atoms with E-state index < -0.39 is 0 Å². The van der Waals surface area contributed by atoms with Crippen LogP contribution in [0.15, 0.2) is 49.1 Å². The van der Waals surface area contributed by atoms with Gasteiger partial charge in [-0.15, -0.1) is 0 Å². The first kappa shape index (κ1) is 11.9. The lowest BCUT2D eigenvalue weighted by atomic mass is 10.1. The van der Waals surface area contributed by atoms with Gasteiger partial charge in [0.1, 0.15) is 0 Å². The van der Waals surface area contributed by atoms with Crippen molar-refractivity contribution >= 4 is 11.8 Å². The summed E-state index contributed by atoms with van der Waals surface area (Å²) < 4.78 is 0. The van der Waals surface area contributed by atoms with Gasteiger partial charge in [0.15, 0.2) is 0 Å². The van der Waals surface area contributed by atoms with E-state index in [1.54, 1.807) is 30.3 Å². The van der Waals surface area contributed by atoms with Gasteiger partial charge in [0, 0.05) is 0 Å². The van der Waals surface area contributed by atoms with Crippen LogP contribution in [-0.2, 0) is 0 Å². The monoisotopic (exact) mass is 215 g/mol. The Morgan fingerprint density at radius 1 is 1.12 bits per heavy atom. The summed E-state index contributed by atoms with van der Waals surface area (Å²) in [5.74, 6) is -0.601. The first-order valence-electron chi connectivity index (χ1n) is 4.89. The molecule has 1 heterocycles. The van der Waals surface area contributed by atoms with E-state index >= 15 is 0 Å². The number of amides is 2. The maximum absolute atomic E-state index is 10.9. The third kappa shape index (κ3) is 2.67. The van der Waals surface area contributed by atoms with Crippen LogP contribution < -0.4 is 5.32 Å². The van der Waals surface area contributed by atoms with Crippen LogP contribution >= 0.6 is 0 Å². The van der Waals surface area contributed by atoms with Gasteiger partial charge in [-0.1, -0.05) is 36.9 Å². The van der Waals surface area contributed by atoms with Gasteiger partial charge in [0.2, 0.25) is 0 Å². The van der Waals surface area contributed by atoms with Crippen LogP contribution in [0.3, 0.4) is 0 Å². The van der Waals surface area contributed by atoms with Gasteiger partial charge < -0.3 is 0 Å². The van der Waals surface area contributed by atoms with Crippen molar-refractivity contribution in [3.63, 3.8) is 0 Å². The molecule has 0 atom stereocenters. The Kier molecular flexibility index (Phi) is 4.21. The molecule has 3 heteroatoms. The number of rotatable bonds is 1. The zero-order valence-electron chi connectivity index (χ0n) is 9.07. The molecule has 0 fully saturated rings. The molecule has 16 heavy (non-hydrogen) atoms. The average molecular weight is 215 g/mol. The van der Waals surface area contributed by atoms with E-state index in [0.29, 0.717) is 11.1 Å². The zero-order chi connectivity index (χ0) is 12.0. The van der Waals surface area contributed by atoms with Crippen LogP contribution in [-0.4, -0.2) is 11.8 Å². The molecule has 0 saturated heterocycles. The Morgan fingerprint density at radius 3 is 1.94 bits per heavy atom. The maximum atomic E-state index is 10.9. The SMILES string of the molecule is C=CC=CC.O=C1NC(=O)c2ccccc21. The molecule has 0 unspecified atom stereocenters. The molecule has 0 bridgehead atoms. The Bertz CT molecular complexity index is 414. The molecule has 0 radical (unpaired) electrons. The van der Waals surface area contributed by atoms with Crippen molar-refractivity contribution in [2.45, 2.75) is 6.92 Å². The van der Waals surface area contributed by atoms with Gasteiger partial charge in [-0.2, -0.15) is 0 Å². The summed E-state index contributed by atoms with van der Waals surface area (Å²) in [6.07, 6.45) is 5.58. The van der Waals surface area contributed by atoms with Crippen molar-refractivity contribution in [3.8, 4) is 0 Å². The number of allylic oxidation sites excluding steroid dienone is 3. The number of carbonyl (C=O) groups excluding carboxylic acids is 2. The van der Waals surface area contributed by atoms with Gasteiger partial charge in [0.25, 0.3) is 11.8 Å². The molecule has 82 valence electrons. The number of hydrogen-bond donors (Lipinski definition) is 1. The summed E-state index contributed by atoms with van der Waals surface area (Å²) >= 11 is 0. The molecule has 1 aliphatic rings. The fourth-order valence-electron chi connectivity index (χ4n) is 1.25. The molecule has 0 saturated carbocycles. The molecule has 0 aliphatic carbocycles. The second-order valence-corrected chi connectivity index (χ2v) is 3.09. The van der Waals surface area contributed by atoms with Gasteiger partial charge in [0.05, 0.1) is 11.1 Å². The van der Waals surface area contributed by atoms with Crippen molar-refractivity contribution < 1.29 is 9.59 Å². The third-order valence-electron chi connectivity index (χ3n) is 1.97. The second-order valence-electron chi connectivity index (χ2n) is 3.09. The molecule has 1 aromatic carbocycles. The van der Waals surface area contributed by atoms with E-state index in [9.17, 15) is 9.59 Å². The summed E-state index contributed by atoms with van der Waals surface area (Å²) in [6.45, 7) is 5.42. The third-order valence-corrected chi connectivity index (χ3v) is 1.97. The highest BCUT2D eigenvalue weighted by Gasteiger charge is 2.25. The van der Waals surface area contributed by atoms with E-state index in [2.05, 4.69) is 11.9 Å². The molecular weight excluding hydrogens is 202 g/mol. The van der Waals surface area contributed by atoms with E-state index in [1.807, 2.05) is 19.1 Å². The van der Waals surface area contributed by atoms with E-state index in [4.69, 9.17) is 0 Å². The van der Waals surface area contributed by atoms with E-state index in [1.165, 1.54) is 0 Å². The van der Waals surface area contributed by atoms with Crippen LogP contribution in [0.4, 0.5) is 0 Å². The molecule has 1 aliphatic heterocycles. The standard InChI is InChI=1S/C8H5NO2.C5H8/c10-7-5-3-1-2-4-6(5)8(11)9-7;1-3-5-4-2/h1-4H,(H,9,10,11);3-5H,1H2,2H3. The lowest BCUT2D eigenvalue weighted by molar-refractivity contribution is 0.0879. The Labute approximate surface area is 94.5 Å². The highest BCUT2D eigenvalue weighted by molar-refractivity contribution is 6.21. The Hall–Kier alpha value is -2.16. The number of hydrogen-bond acceptors (Lipinski definition) is 2. The van der Waals surface area contributed by atoms with Gasteiger partial charge in [-0.3, -0.25) is 14.9 Å². The minimum atomic E-state index is -0.300. The zero-order valence-corrected chi connectivity index (χ0v) is 9.07. The van der Waals surface area contributed by atoms with Gasteiger partial charge >= 0.3 is 0 Å². The molecule has 2 amide bonds. The predicted molar refractivity (Wildman–Crippen MR) is 63.2 cm³/mol. The molecule has 2 rings (SSSR count). The molecule has 3 nitrogen and oxygen atoms in total. The normalized spacial score (nSPS) is 12.8. The summed E-state index contributed by atoms with van der Waals surface area (Å²) in [7, 11) is 0. The topological polar surface area (TPSA) is 46.2 Å². The van der Waals surface area contributed by atoms with Crippen LogP contribution in [0, 0.1) is 0 Å². The van der Waals surface area contributed by atoms with Crippen molar-refractivity contribution in [2.75, 3.05) is 0 Å². The Morgan fingerprint density at radius 2 is 1.62 bits per heavy atom. The van der Waals surface area contributed by atoms with E-state index in [0.717, 1.165) is 0 Å². The summed E-state index contributed by atoms with van der Waals surface area (Å²) in [6, 6.07) is 6.74. The summed E-state index contributed by atoms with van der Waals surface area (Å²) in [5, 5.41) is 2.20. The van der Waals surface area contributed by atoms with Crippen LogP contribution in [0.5, 0.6) is 0 Å². The quantitative estimate of drug-likeness (QED) is 0.577. The van der Waals surface area contributed by atoms with Crippen molar-refractivity contribution in [3.05, 3.63) is 60.2 Å². The fraction of sp³-hybridized carbons (Fsp3) is 0.0769. The minimum Gasteiger partial charge on any atom is -0.288 e. The number of carbonyl (C=O) groups is 2. The average Bonchev–Trinajstić information content (AvgIpc) is 2.58. The predicted octanol–water partition coefficient (Wildman–Crippen LogP) is 2.32. The minimum absolute atomic E-state index is 0.300. The highest BCUT2D eigenvalue weighted by Crippen LogP contribution is 2.13. The maximum Gasteiger partial charge on any atom is 0.258 e. The van der Waals surface area contributed by atoms with Crippen molar-refractivity contribution in [1.29, 1.82) is 0 Å². The van der Waals surface area contributed by atoms with E-state index in [-0.39, 0.29) is 11.8 Å². The lowest BCUT2D eigenvalue weighted by Crippen LogP contribution is -2.19. The number of fused-ring (bicyclic) bond motifs is 1. The molecule has 1 aromatic rings. The largest absolute Gasteiger partial charge is 0.288 e. The van der Waals surface area contributed by atoms with Crippen molar-refractivity contribution in [1.82, 2.24) is 5.32 Å². The molecule has 0 aromatic heterocycles. The van der Waals surface area contributed by atoms with Crippen LogP contribution in [0.1, 0.15) is 27.6 Å². The Balaban J connectivity index is 0.000000221. The smallest absolute Gasteiger partial charge is 0.258 e. The van der Waals surface area contributed by atoms with Gasteiger partial charge in [-0.05, 0) is 19.1 Å². The number of benzene rings is 1. The van der Waals surface area contributed by atoms with Crippen molar-refractivity contribution in [2.24, 2.45) is 0 Å². The second kappa shape index (κ2) is 5.66. The number of nitrogens with one attached hydrogen (secondary N) is 1. The highest BCUT2D eigenvalue weighted by atomic mass is 16.2. The lowest BCUT2D eigenvalue weighted by Gasteiger charge is -1.88. The van der Waals surface area contributed by atoms with Crippen LogP contribution in [0.25, 0.3) is 0 Å².